The Morgan fingerprint density at radius 3 is 2.09 bits per heavy atom. The van der Waals surface area contributed by atoms with Gasteiger partial charge < -0.3 is 26.6 Å². The van der Waals surface area contributed by atoms with Crippen molar-refractivity contribution in [3.63, 3.8) is 0 Å². The molecule has 7 heteroatoms. The Morgan fingerprint density at radius 1 is 1.13 bits per heavy atom. The van der Waals surface area contributed by atoms with Gasteiger partial charge in [0.15, 0.2) is 0 Å². The molecule has 1 rings (SSSR count). The van der Waals surface area contributed by atoms with E-state index < -0.39 is 29.2 Å². The lowest BCUT2D eigenvalue weighted by Crippen LogP contribution is -2.71. The van der Waals surface area contributed by atoms with Gasteiger partial charge in [0.25, 0.3) is 0 Å². The predicted octanol–water partition coefficient (Wildman–Crippen LogP) is 1.88. The van der Waals surface area contributed by atoms with Gasteiger partial charge in [0.1, 0.15) is 0 Å². The maximum atomic E-state index is 11.4. The summed E-state index contributed by atoms with van der Waals surface area (Å²) in [4.78, 5) is 22.6. The molecule has 0 fully saturated rings. The number of rotatable bonds is 6. The molecule has 1 aromatic rings. The Balaban J connectivity index is 3.39. The molecule has 1 unspecified atom stereocenters. The van der Waals surface area contributed by atoms with E-state index in [-0.39, 0.29) is 6.54 Å². The molecule has 0 aliphatic carbocycles. The minimum Gasteiger partial charge on any atom is -0.465 e. The first kappa shape index (κ1) is 18.8. The van der Waals surface area contributed by atoms with Crippen molar-refractivity contribution in [1.29, 1.82) is 0 Å². The van der Waals surface area contributed by atoms with Crippen LogP contribution < -0.4 is 16.4 Å². The highest BCUT2D eigenvalue weighted by molar-refractivity contribution is 5.68. The Bertz CT molecular complexity index is 542. The molecule has 2 atom stereocenters. The van der Waals surface area contributed by atoms with E-state index in [0.717, 1.165) is 5.56 Å². The minimum atomic E-state index is -1.24. The molecule has 0 aliphatic rings. The molecular weight excluding hydrogens is 298 g/mol. The van der Waals surface area contributed by atoms with E-state index in [1.54, 1.807) is 0 Å². The number of amides is 2. The van der Waals surface area contributed by atoms with Crippen LogP contribution in [-0.4, -0.2) is 40.5 Å². The molecule has 0 saturated carbocycles. The zero-order valence-corrected chi connectivity index (χ0v) is 13.7. The fourth-order valence-electron chi connectivity index (χ4n) is 2.87. The third kappa shape index (κ3) is 4.59. The second-order valence-corrected chi connectivity index (χ2v) is 6.55. The summed E-state index contributed by atoms with van der Waals surface area (Å²) in [6, 6.07) is 8.54. The van der Waals surface area contributed by atoms with Crippen LogP contribution in [0.4, 0.5) is 9.59 Å². The van der Waals surface area contributed by atoms with Crippen LogP contribution in [0.2, 0.25) is 0 Å². The van der Waals surface area contributed by atoms with Gasteiger partial charge in [0.2, 0.25) is 0 Å². The van der Waals surface area contributed by atoms with Crippen LogP contribution in [0.15, 0.2) is 30.3 Å². The largest absolute Gasteiger partial charge is 0.465 e. The van der Waals surface area contributed by atoms with Crippen molar-refractivity contribution in [3.8, 4) is 0 Å². The van der Waals surface area contributed by atoms with E-state index in [4.69, 9.17) is 10.8 Å². The highest BCUT2D eigenvalue weighted by atomic mass is 16.4. The molecule has 0 saturated heterocycles. The highest BCUT2D eigenvalue weighted by Gasteiger charge is 2.49. The monoisotopic (exact) mass is 323 g/mol. The average Bonchev–Trinajstić information content (AvgIpc) is 2.43. The van der Waals surface area contributed by atoms with Gasteiger partial charge in [0, 0.05) is 6.54 Å². The highest BCUT2D eigenvalue weighted by Crippen LogP contribution is 2.36. The van der Waals surface area contributed by atoms with E-state index in [0.29, 0.717) is 6.42 Å². The van der Waals surface area contributed by atoms with Crippen LogP contribution >= 0.6 is 0 Å². The van der Waals surface area contributed by atoms with Crippen molar-refractivity contribution in [3.05, 3.63) is 35.9 Å². The number of hydrogen-bond donors (Lipinski definition) is 5. The van der Waals surface area contributed by atoms with E-state index in [1.807, 2.05) is 51.1 Å². The molecule has 0 aromatic heterocycles. The molecule has 1 aromatic carbocycles. The number of nitrogens with one attached hydrogen (secondary N) is 2. The average molecular weight is 323 g/mol. The molecule has 0 aliphatic heterocycles. The molecular formula is C16H25N3O4. The third-order valence-electron chi connectivity index (χ3n) is 4.12. The first-order valence-corrected chi connectivity index (χ1v) is 7.37. The summed E-state index contributed by atoms with van der Waals surface area (Å²) >= 11 is 0. The molecule has 128 valence electrons. The van der Waals surface area contributed by atoms with Gasteiger partial charge in [-0.25, -0.2) is 9.59 Å². The Morgan fingerprint density at radius 2 is 1.70 bits per heavy atom. The van der Waals surface area contributed by atoms with Gasteiger partial charge in [-0.3, -0.25) is 0 Å². The van der Waals surface area contributed by atoms with Crippen LogP contribution in [0.3, 0.4) is 0 Å². The van der Waals surface area contributed by atoms with Gasteiger partial charge in [-0.2, -0.15) is 0 Å². The van der Waals surface area contributed by atoms with Crippen LogP contribution in [-0.2, 0) is 6.42 Å². The zero-order valence-electron chi connectivity index (χ0n) is 13.7. The Hall–Kier alpha value is -2.28. The number of nitrogens with two attached hydrogens (primary N) is 1. The standard InChI is InChI=1S/C16H25N3O4/c1-15(2,3)16(19-14(22)23,12(10-17)18-13(20)21)9-11-7-5-4-6-8-11/h4-8,12,18-19H,9-10,17H2,1-3H3,(H,20,21)(H,22,23)/t12?,16-/m1/s1. The maximum absolute atomic E-state index is 11.4. The summed E-state index contributed by atoms with van der Waals surface area (Å²) in [5.74, 6) is 0. The van der Waals surface area contributed by atoms with Gasteiger partial charge in [0.05, 0.1) is 11.6 Å². The fourth-order valence-corrected chi connectivity index (χ4v) is 2.87. The minimum absolute atomic E-state index is 0.0311. The normalized spacial score (nSPS) is 15.3. The van der Waals surface area contributed by atoms with Crippen molar-refractivity contribution in [2.75, 3.05) is 6.54 Å². The van der Waals surface area contributed by atoms with Crippen molar-refractivity contribution >= 4 is 12.2 Å². The molecule has 7 nitrogen and oxygen atoms in total. The van der Waals surface area contributed by atoms with Gasteiger partial charge >= 0.3 is 12.2 Å². The van der Waals surface area contributed by atoms with E-state index >= 15 is 0 Å². The van der Waals surface area contributed by atoms with Crippen molar-refractivity contribution in [2.24, 2.45) is 11.1 Å². The molecule has 2 amide bonds. The molecule has 0 radical (unpaired) electrons. The van der Waals surface area contributed by atoms with Crippen LogP contribution in [0.5, 0.6) is 0 Å². The van der Waals surface area contributed by atoms with Crippen LogP contribution in [0.1, 0.15) is 26.3 Å². The second kappa shape index (κ2) is 7.32. The Labute approximate surface area is 135 Å². The SMILES string of the molecule is CC(C)(C)[C@](Cc1ccccc1)(NC(=O)O)C(CN)NC(=O)O. The first-order valence-electron chi connectivity index (χ1n) is 7.37. The summed E-state index contributed by atoms with van der Waals surface area (Å²) in [6.07, 6.45) is -2.15. The first-order chi connectivity index (χ1) is 10.6. The molecule has 0 spiro atoms. The number of carbonyl (C=O) groups is 2. The Kier molecular flexibility index (Phi) is 5.98. The lowest BCUT2D eigenvalue weighted by molar-refractivity contribution is 0.0817. The number of hydrogen-bond acceptors (Lipinski definition) is 3. The van der Waals surface area contributed by atoms with E-state index in [2.05, 4.69) is 10.6 Å². The molecule has 23 heavy (non-hydrogen) atoms. The van der Waals surface area contributed by atoms with Crippen molar-refractivity contribution < 1.29 is 19.8 Å². The van der Waals surface area contributed by atoms with Gasteiger partial charge in [-0.15, -0.1) is 0 Å². The van der Waals surface area contributed by atoms with Crippen molar-refractivity contribution in [2.45, 2.75) is 38.8 Å². The van der Waals surface area contributed by atoms with E-state index in [9.17, 15) is 14.7 Å². The quantitative estimate of drug-likeness (QED) is 0.546. The predicted molar refractivity (Wildman–Crippen MR) is 87.5 cm³/mol. The van der Waals surface area contributed by atoms with E-state index in [1.165, 1.54) is 0 Å². The fraction of sp³-hybridized carbons (Fsp3) is 0.500. The maximum Gasteiger partial charge on any atom is 0.405 e. The number of carboxylic acid groups (broad SMARTS) is 2. The second-order valence-electron chi connectivity index (χ2n) is 6.55. The molecule has 6 N–H and O–H groups in total. The van der Waals surface area contributed by atoms with Gasteiger partial charge in [-0.1, -0.05) is 51.1 Å². The van der Waals surface area contributed by atoms with Gasteiger partial charge in [-0.05, 0) is 17.4 Å². The van der Waals surface area contributed by atoms with Crippen LogP contribution in [0.25, 0.3) is 0 Å². The molecule has 0 bridgehead atoms. The third-order valence-corrected chi connectivity index (χ3v) is 4.12. The zero-order chi connectivity index (χ0) is 17.7. The summed E-state index contributed by atoms with van der Waals surface area (Å²) in [5, 5.41) is 23.4. The molecule has 0 heterocycles. The van der Waals surface area contributed by atoms with Crippen molar-refractivity contribution in [1.82, 2.24) is 10.6 Å². The summed E-state index contributed by atoms with van der Waals surface area (Å²) in [5.41, 5.74) is 4.97. The lowest BCUT2D eigenvalue weighted by Gasteiger charge is -2.49. The van der Waals surface area contributed by atoms with Crippen LogP contribution in [0, 0.1) is 5.41 Å². The topological polar surface area (TPSA) is 125 Å². The smallest absolute Gasteiger partial charge is 0.405 e. The summed E-state index contributed by atoms with van der Waals surface area (Å²) in [7, 11) is 0. The number of benzene rings is 1. The summed E-state index contributed by atoms with van der Waals surface area (Å²) in [6.45, 7) is 5.55. The summed E-state index contributed by atoms with van der Waals surface area (Å²) < 4.78 is 0. The lowest BCUT2D eigenvalue weighted by atomic mass is 9.65.